The van der Waals surface area contributed by atoms with Gasteiger partial charge in [0, 0.05) is 45.1 Å². The number of carbonyl (C=O) groups excluding carboxylic acids is 1. The Kier molecular flexibility index (Phi) is 8.54. The van der Waals surface area contributed by atoms with Crippen molar-refractivity contribution in [3.8, 4) is 5.75 Å². The summed E-state index contributed by atoms with van der Waals surface area (Å²) < 4.78 is 12.8. The average molecular weight is 594 g/mol. The van der Waals surface area contributed by atoms with Crippen LogP contribution in [0.1, 0.15) is 29.2 Å². The molecule has 1 aliphatic rings. The molecule has 0 bridgehead atoms. The number of halogens is 3. The van der Waals surface area contributed by atoms with Crippen molar-refractivity contribution >= 4 is 50.9 Å². The summed E-state index contributed by atoms with van der Waals surface area (Å²) in [5.74, 6) is 0.103. The fourth-order valence-corrected chi connectivity index (χ4v) is 4.76. The second-order valence-corrected chi connectivity index (χ2v) is 9.96. The summed E-state index contributed by atoms with van der Waals surface area (Å²) in [5.41, 5.74) is 2.13. The van der Waals surface area contributed by atoms with E-state index in [1.807, 2.05) is 24.3 Å². The number of amides is 1. The van der Waals surface area contributed by atoms with E-state index in [2.05, 4.69) is 15.9 Å². The molecule has 1 amide bonds. The lowest BCUT2D eigenvalue weighted by Crippen LogP contribution is -2.49. The van der Waals surface area contributed by atoms with E-state index < -0.39 is 17.6 Å². The molecule has 0 saturated heterocycles. The summed E-state index contributed by atoms with van der Waals surface area (Å²) in [5, 5.41) is 19.4. The lowest BCUT2D eigenvalue weighted by molar-refractivity contribution is -0.137. The molecule has 3 aromatic carbocycles. The van der Waals surface area contributed by atoms with Gasteiger partial charge in [0.25, 0.3) is 5.91 Å². The molecule has 10 heteroatoms. The van der Waals surface area contributed by atoms with Gasteiger partial charge in [-0.05, 0) is 54.1 Å². The minimum atomic E-state index is -1.56. The van der Waals surface area contributed by atoms with E-state index in [1.165, 1.54) is 0 Å². The molecule has 0 spiro atoms. The highest BCUT2D eigenvalue weighted by Crippen LogP contribution is 2.45. The molecule has 0 unspecified atom stereocenters. The monoisotopic (exact) mass is 592 g/mol. The molecule has 4 rings (SSSR count). The number of benzene rings is 3. The maximum absolute atomic E-state index is 13.3. The SMILES string of the molecule is O=C(NO)[C@@]1(Cc2ccc(Br)cc2)N=C(c2ccc(OCCCO)cc2)O[C@H]1c1ccc(Cl)cc1Cl. The Labute approximate surface area is 226 Å². The number of nitrogens with one attached hydrogen (secondary N) is 1. The van der Waals surface area contributed by atoms with Gasteiger partial charge in [0.1, 0.15) is 5.75 Å². The van der Waals surface area contributed by atoms with Gasteiger partial charge in [0.2, 0.25) is 5.90 Å². The number of hydrogen-bond donors (Lipinski definition) is 3. The minimum Gasteiger partial charge on any atom is -0.494 e. The van der Waals surface area contributed by atoms with Crippen molar-refractivity contribution in [2.75, 3.05) is 13.2 Å². The summed E-state index contributed by atoms with van der Waals surface area (Å²) >= 11 is 16.1. The van der Waals surface area contributed by atoms with Crippen LogP contribution in [0.2, 0.25) is 10.0 Å². The number of aliphatic hydroxyl groups excluding tert-OH is 1. The maximum Gasteiger partial charge on any atom is 0.275 e. The van der Waals surface area contributed by atoms with Crippen LogP contribution >= 0.6 is 39.1 Å². The highest BCUT2D eigenvalue weighted by atomic mass is 79.9. The van der Waals surface area contributed by atoms with Gasteiger partial charge in [-0.3, -0.25) is 10.0 Å². The van der Waals surface area contributed by atoms with Gasteiger partial charge >= 0.3 is 0 Å². The Morgan fingerprint density at radius 1 is 1.11 bits per heavy atom. The molecule has 3 N–H and O–H groups in total. The molecule has 36 heavy (non-hydrogen) atoms. The van der Waals surface area contributed by atoms with Crippen molar-refractivity contribution in [3.05, 3.63) is 97.9 Å². The average Bonchev–Trinajstić information content (AvgIpc) is 3.25. The second kappa shape index (κ2) is 11.6. The van der Waals surface area contributed by atoms with Crippen molar-refractivity contribution in [2.45, 2.75) is 24.5 Å². The standard InChI is InChI=1S/C26H23BrCl2N2O5/c27-18-6-2-16(3-7-18)15-26(25(33)31-34)23(21-11-8-19(28)14-22(21)29)36-24(30-26)17-4-9-20(10-5-17)35-13-1-12-32/h2-11,14,23,32,34H,1,12-13,15H2,(H,31,33)/t23-,26-/m0/s1. The van der Waals surface area contributed by atoms with Crippen molar-refractivity contribution in [3.63, 3.8) is 0 Å². The molecule has 188 valence electrons. The maximum atomic E-state index is 13.3. The molecule has 3 aromatic rings. The Hall–Kier alpha value is -2.62. The molecular formula is C26H23BrCl2N2O5. The summed E-state index contributed by atoms with van der Waals surface area (Å²) in [4.78, 5) is 18.0. The third kappa shape index (κ3) is 5.68. The molecule has 2 atom stereocenters. The normalized spacial score (nSPS) is 18.9. The molecular weight excluding hydrogens is 571 g/mol. The van der Waals surface area contributed by atoms with E-state index in [4.69, 9.17) is 42.8 Å². The van der Waals surface area contributed by atoms with Gasteiger partial charge in [-0.1, -0.05) is 57.3 Å². The first-order chi connectivity index (χ1) is 17.4. The lowest BCUT2D eigenvalue weighted by atomic mass is 9.82. The summed E-state index contributed by atoms with van der Waals surface area (Å²) in [6, 6.07) is 19.4. The molecule has 0 saturated carbocycles. The van der Waals surface area contributed by atoms with Crippen LogP contribution in [0.3, 0.4) is 0 Å². The van der Waals surface area contributed by atoms with Gasteiger partial charge in [0.15, 0.2) is 11.6 Å². The van der Waals surface area contributed by atoms with Crippen molar-refractivity contribution in [1.29, 1.82) is 0 Å². The first kappa shape index (κ1) is 26.4. The second-order valence-electron chi connectivity index (χ2n) is 8.20. The third-order valence-corrected chi connectivity index (χ3v) is 6.85. The lowest BCUT2D eigenvalue weighted by Gasteiger charge is -2.30. The molecule has 7 nitrogen and oxygen atoms in total. The van der Waals surface area contributed by atoms with Crippen LogP contribution in [0.5, 0.6) is 5.75 Å². The fraction of sp³-hybridized carbons (Fsp3) is 0.231. The fourth-order valence-electron chi connectivity index (χ4n) is 3.98. The van der Waals surface area contributed by atoms with Crippen LogP contribution in [-0.4, -0.2) is 40.9 Å². The Bertz CT molecular complexity index is 1250. The first-order valence-corrected chi connectivity index (χ1v) is 12.7. The smallest absolute Gasteiger partial charge is 0.275 e. The van der Waals surface area contributed by atoms with E-state index in [0.717, 1.165) is 10.0 Å². The predicted molar refractivity (Wildman–Crippen MR) is 141 cm³/mol. The topological polar surface area (TPSA) is 100 Å². The Balaban J connectivity index is 1.77. The molecule has 1 heterocycles. The molecule has 0 aliphatic carbocycles. The Morgan fingerprint density at radius 2 is 1.83 bits per heavy atom. The Morgan fingerprint density at radius 3 is 2.47 bits per heavy atom. The predicted octanol–water partition coefficient (Wildman–Crippen LogP) is 5.52. The molecule has 1 aliphatic heterocycles. The number of rotatable bonds is 9. The quantitative estimate of drug-likeness (QED) is 0.172. The van der Waals surface area contributed by atoms with E-state index in [1.54, 1.807) is 47.9 Å². The van der Waals surface area contributed by atoms with Crippen LogP contribution in [0.15, 0.2) is 76.2 Å². The van der Waals surface area contributed by atoms with Crippen molar-refractivity contribution < 1.29 is 24.6 Å². The first-order valence-electron chi connectivity index (χ1n) is 11.1. The van der Waals surface area contributed by atoms with E-state index in [-0.39, 0.29) is 18.9 Å². The van der Waals surface area contributed by atoms with Gasteiger partial charge in [-0.15, -0.1) is 0 Å². The van der Waals surface area contributed by atoms with E-state index >= 15 is 0 Å². The van der Waals surface area contributed by atoms with Gasteiger partial charge in [0.05, 0.1) is 6.61 Å². The zero-order chi connectivity index (χ0) is 25.7. The van der Waals surface area contributed by atoms with Crippen LogP contribution in [0.25, 0.3) is 0 Å². The summed E-state index contributed by atoms with van der Waals surface area (Å²) in [6.07, 6.45) is -0.300. The molecule has 0 radical (unpaired) electrons. The number of nitrogens with zero attached hydrogens (tertiary/aromatic N) is 1. The summed E-state index contributed by atoms with van der Waals surface area (Å²) in [7, 11) is 0. The number of aliphatic hydroxyl groups is 1. The number of ether oxygens (including phenoxy) is 2. The summed E-state index contributed by atoms with van der Waals surface area (Å²) in [6.45, 7) is 0.433. The van der Waals surface area contributed by atoms with Gasteiger partial charge < -0.3 is 14.6 Å². The zero-order valence-electron chi connectivity index (χ0n) is 19.0. The van der Waals surface area contributed by atoms with E-state index in [0.29, 0.717) is 39.9 Å². The third-order valence-electron chi connectivity index (χ3n) is 5.76. The van der Waals surface area contributed by atoms with Crippen molar-refractivity contribution in [2.24, 2.45) is 4.99 Å². The number of carbonyl (C=O) groups is 1. The highest BCUT2D eigenvalue weighted by Gasteiger charge is 2.54. The number of hydroxylamine groups is 1. The largest absolute Gasteiger partial charge is 0.494 e. The minimum absolute atomic E-state index is 0.0464. The van der Waals surface area contributed by atoms with Gasteiger partial charge in [-0.2, -0.15) is 0 Å². The number of aliphatic imine (C=N–C) groups is 1. The van der Waals surface area contributed by atoms with Crippen molar-refractivity contribution in [1.82, 2.24) is 5.48 Å². The van der Waals surface area contributed by atoms with Gasteiger partial charge in [-0.25, -0.2) is 10.5 Å². The molecule has 0 fully saturated rings. The zero-order valence-corrected chi connectivity index (χ0v) is 22.1. The van der Waals surface area contributed by atoms with Crippen LogP contribution in [0, 0.1) is 0 Å². The van der Waals surface area contributed by atoms with Crippen LogP contribution in [-0.2, 0) is 16.0 Å². The van der Waals surface area contributed by atoms with Crippen LogP contribution < -0.4 is 10.2 Å². The molecule has 0 aromatic heterocycles. The highest BCUT2D eigenvalue weighted by molar-refractivity contribution is 9.10. The van der Waals surface area contributed by atoms with E-state index in [9.17, 15) is 10.0 Å². The van der Waals surface area contributed by atoms with Crippen LogP contribution in [0.4, 0.5) is 0 Å². The number of hydrogen-bond acceptors (Lipinski definition) is 6.